The maximum absolute atomic E-state index is 6.46. The third-order valence-corrected chi connectivity index (χ3v) is 17.7. The predicted octanol–water partition coefficient (Wildman–Crippen LogP) is 23.2. The molecule has 0 saturated carbocycles. The molecule has 0 saturated heterocycles. The molecule has 86 heavy (non-hydrogen) atoms. The Balaban J connectivity index is 0.000000163. The van der Waals surface area contributed by atoms with Crippen molar-refractivity contribution in [2.24, 2.45) is 5.92 Å². The maximum Gasteiger partial charge on any atom is 0.143 e. The van der Waals surface area contributed by atoms with Gasteiger partial charge in [0.2, 0.25) is 0 Å². The van der Waals surface area contributed by atoms with Gasteiger partial charge in [-0.05, 0) is 143 Å². The van der Waals surface area contributed by atoms with Gasteiger partial charge in [-0.1, -0.05) is 297 Å². The lowest BCUT2D eigenvalue weighted by atomic mass is 9.65. The van der Waals surface area contributed by atoms with Crippen LogP contribution < -0.4 is 0 Å². The summed E-state index contributed by atoms with van der Waals surface area (Å²) >= 11 is 0. The van der Waals surface area contributed by atoms with Crippen LogP contribution in [-0.2, 0) is 5.41 Å². The van der Waals surface area contributed by atoms with Gasteiger partial charge in [0, 0.05) is 32.7 Å². The van der Waals surface area contributed by atoms with Crippen LogP contribution in [-0.4, -0.2) is 0 Å². The highest BCUT2D eigenvalue weighted by molar-refractivity contribution is 6.10. The van der Waals surface area contributed by atoms with Crippen molar-refractivity contribution in [1.82, 2.24) is 0 Å². The summed E-state index contributed by atoms with van der Waals surface area (Å²) in [6.45, 7) is 14.6. The summed E-state index contributed by atoms with van der Waals surface area (Å²) in [5.41, 5.74) is 27.7. The fourth-order valence-corrected chi connectivity index (χ4v) is 13.1. The summed E-state index contributed by atoms with van der Waals surface area (Å²) < 4.78 is 12.5. The Bertz CT molecular complexity index is 4680. The third-order valence-electron chi connectivity index (χ3n) is 17.7. The Morgan fingerprint density at radius 1 is 0.500 bits per heavy atom. The molecule has 2 atom stereocenters. The quantitative estimate of drug-likeness (QED) is 0.135. The molecule has 3 aliphatic carbocycles. The van der Waals surface area contributed by atoms with E-state index in [4.69, 9.17) is 8.83 Å². The fraction of sp³-hybridized carbons (Fsp3) is 0.119. The highest BCUT2D eigenvalue weighted by Crippen LogP contribution is 2.59. The molecule has 0 spiro atoms. The average molecular weight is 1110 g/mol. The highest BCUT2D eigenvalue weighted by Gasteiger charge is 2.48. The van der Waals surface area contributed by atoms with Crippen molar-refractivity contribution in [3.05, 3.63) is 347 Å². The van der Waals surface area contributed by atoms with Gasteiger partial charge in [-0.3, -0.25) is 0 Å². The van der Waals surface area contributed by atoms with E-state index in [1.165, 1.54) is 106 Å². The van der Waals surface area contributed by atoms with Gasteiger partial charge in [-0.15, -0.1) is 0 Å². The second kappa shape index (κ2) is 23.9. The molecule has 12 aromatic rings. The normalized spacial score (nSPS) is 16.3. The molecule has 0 amide bonds. The molecule has 2 nitrogen and oxygen atoms in total. The Hall–Kier alpha value is -10.0. The van der Waals surface area contributed by atoms with Crippen LogP contribution in [0.4, 0.5) is 0 Å². The van der Waals surface area contributed by atoms with E-state index in [0.29, 0.717) is 5.92 Å². The Morgan fingerprint density at radius 3 is 1.53 bits per heavy atom. The van der Waals surface area contributed by atoms with Gasteiger partial charge in [0.1, 0.15) is 22.3 Å². The highest BCUT2D eigenvalue weighted by atomic mass is 16.3. The van der Waals surface area contributed by atoms with E-state index in [1.807, 2.05) is 30.4 Å². The van der Waals surface area contributed by atoms with Crippen molar-refractivity contribution in [1.29, 1.82) is 0 Å². The number of rotatable bonds is 9. The molecule has 0 N–H and O–H groups in total. The third kappa shape index (κ3) is 10.5. The molecule has 2 unspecified atom stereocenters. The van der Waals surface area contributed by atoms with E-state index >= 15 is 0 Å². The van der Waals surface area contributed by atoms with Crippen molar-refractivity contribution >= 4 is 66.2 Å². The van der Waals surface area contributed by atoms with Gasteiger partial charge in [0.25, 0.3) is 0 Å². The van der Waals surface area contributed by atoms with Crippen molar-refractivity contribution in [2.45, 2.75) is 59.3 Å². The van der Waals surface area contributed by atoms with Gasteiger partial charge >= 0.3 is 0 Å². The topological polar surface area (TPSA) is 26.3 Å². The van der Waals surface area contributed by atoms with E-state index in [2.05, 4.69) is 290 Å². The molecule has 15 rings (SSSR count). The molecule has 10 aromatic carbocycles. The zero-order valence-electron chi connectivity index (χ0n) is 49.8. The van der Waals surface area contributed by atoms with Gasteiger partial charge in [-0.2, -0.15) is 0 Å². The smallest absolute Gasteiger partial charge is 0.143 e. The lowest BCUT2D eigenvalue weighted by Gasteiger charge is -2.37. The maximum atomic E-state index is 6.46. The average Bonchev–Trinajstić information content (AvgIpc) is 1.79. The molecular formula is C84H70O2. The summed E-state index contributed by atoms with van der Waals surface area (Å²) in [6.07, 6.45) is 20.6. The van der Waals surface area contributed by atoms with E-state index in [9.17, 15) is 0 Å². The number of hydrogen-bond donors (Lipinski definition) is 0. The lowest BCUT2D eigenvalue weighted by Crippen LogP contribution is -2.30. The molecule has 0 bridgehead atoms. The number of fused-ring (bicyclic) bond motifs is 8. The zero-order chi connectivity index (χ0) is 58.7. The van der Waals surface area contributed by atoms with E-state index in [-0.39, 0.29) is 0 Å². The number of allylic oxidation sites excluding steroid dienone is 13. The molecular weight excluding hydrogens is 1040 g/mol. The van der Waals surface area contributed by atoms with Crippen molar-refractivity contribution in [2.75, 3.05) is 0 Å². The van der Waals surface area contributed by atoms with Crippen LogP contribution in [0.5, 0.6) is 0 Å². The van der Waals surface area contributed by atoms with Crippen LogP contribution in [0, 0.1) is 26.7 Å². The lowest BCUT2D eigenvalue weighted by molar-refractivity contribution is 0.669. The summed E-state index contributed by atoms with van der Waals surface area (Å²) in [5.74, 6) is 0.698. The summed E-state index contributed by atoms with van der Waals surface area (Å²) in [6, 6.07) is 83.3. The number of furan rings is 2. The number of hydrogen-bond acceptors (Lipinski definition) is 2. The Labute approximate surface area is 506 Å². The van der Waals surface area contributed by atoms with Crippen molar-refractivity contribution in [3.63, 3.8) is 0 Å². The van der Waals surface area contributed by atoms with Crippen LogP contribution in [0.3, 0.4) is 0 Å². The van der Waals surface area contributed by atoms with Gasteiger partial charge < -0.3 is 8.83 Å². The van der Waals surface area contributed by atoms with Gasteiger partial charge in [0.15, 0.2) is 0 Å². The first-order chi connectivity index (χ1) is 42.2. The molecule has 3 aliphatic rings. The monoisotopic (exact) mass is 1110 g/mol. The standard InChI is InChI=1S/C51H40O.C19H14O.C14H16/c1-4-6-12-35(5-2)36-23-28-40(29-24-36)51(41-30-25-38(26-31-41)42-15-11-16-45-44-14-8-10-18-49(44)52-50(42)45)47-17-9-7-13-43(47)46-33-39(27-32-48(46)51)37-21-19-34(3)20-22-37;1-13-9-11-14(12-10-13)15-6-4-7-17-16-5-2-3-8-18(16)20-19(15)17;1-11-3-7-13(8-4-11)14-9-5-12(2)6-10-14/h4-26,28-31,33H,1,27,32H2,2-3H3;2-12H,1H3;3-5,7-10,12H,6H2,1-2H3/b12-6-,35-5+;;. The summed E-state index contributed by atoms with van der Waals surface area (Å²) in [4.78, 5) is 0. The molecule has 418 valence electrons. The predicted molar refractivity (Wildman–Crippen MR) is 366 cm³/mol. The molecule has 2 aromatic heterocycles. The minimum Gasteiger partial charge on any atom is -0.455 e. The van der Waals surface area contributed by atoms with E-state index < -0.39 is 5.41 Å². The Kier molecular flexibility index (Phi) is 15.3. The SMILES string of the molecule is C=C/C=C\C(=C/C)c1ccc(C2(c3ccc(-c4cccc5c4oc4ccccc45)cc3)C3=C(C=C(c4ccc(C)cc4)CC3)c3ccccc32)cc1.Cc1ccc(-c2cccc3c2oc2ccccc23)cc1.Cc1ccc(C2=CCC(C)C=C2)cc1. The second-order valence-electron chi connectivity index (χ2n) is 23.2. The molecule has 0 radical (unpaired) electrons. The van der Waals surface area contributed by atoms with E-state index in [1.54, 1.807) is 0 Å². The minimum absolute atomic E-state index is 0.434. The van der Waals surface area contributed by atoms with Gasteiger partial charge in [-0.25, -0.2) is 0 Å². The summed E-state index contributed by atoms with van der Waals surface area (Å²) in [7, 11) is 0. The number of benzene rings is 10. The zero-order valence-corrected chi connectivity index (χ0v) is 49.8. The first-order valence-electron chi connectivity index (χ1n) is 30.3. The van der Waals surface area contributed by atoms with Crippen LogP contribution in [0.15, 0.2) is 300 Å². The molecule has 2 heteroatoms. The van der Waals surface area contributed by atoms with Crippen LogP contribution in [0.25, 0.3) is 88.4 Å². The minimum atomic E-state index is -0.434. The van der Waals surface area contributed by atoms with Crippen molar-refractivity contribution < 1.29 is 8.83 Å². The molecule has 0 aliphatic heterocycles. The van der Waals surface area contributed by atoms with E-state index in [0.717, 1.165) is 62.6 Å². The first-order valence-corrected chi connectivity index (χ1v) is 30.3. The number of aryl methyl sites for hydroxylation is 3. The van der Waals surface area contributed by atoms with Crippen LogP contribution in [0.2, 0.25) is 0 Å². The van der Waals surface area contributed by atoms with Crippen molar-refractivity contribution in [3.8, 4) is 22.3 Å². The summed E-state index contributed by atoms with van der Waals surface area (Å²) in [5, 5.41) is 4.65. The van der Waals surface area contributed by atoms with Crippen LogP contribution >= 0.6 is 0 Å². The molecule has 2 heterocycles. The first kappa shape index (κ1) is 55.2. The van der Waals surface area contributed by atoms with Gasteiger partial charge in [0.05, 0.1) is 5.41 Å². The molecule has 0 fully saturated rings. The Morgan fingerprint density at radius 2 is 0.988 bits per heavy atom. The van der Waals surface area contributed by atoms with Crippen LogP contribution in [0.1, 0.15) is 88.7 Å². The largest absolute Gasteiger partial charge is 0.455 e. The fourth-order valence-electron chi connectivity index (χ4n) is 13.1. The second-order valence-corrected chi connectivity index (χ2v) is 23.2. The number of para-hydroxylation sites is 4.